The molecule has 2 N–H and O–H groups in total. The SMILES string of the molecule is CC(CO)N(C)S(=O)(=O)c1cc(F)ccc1C(=O)O. The number of carboxylic acids is 1. The van der Waals surface area contributed by atoms with Crippen molar-refractivity contribution in [3.05, 3.63) is 29.6 Å². The highest BCUT2D eigenvalue weighted by Crippen LogP contribution is 2.22. The van der Waals surface area contributed by atoms with Crippen molar-refractivity contribution in [1.29, 1.82) is 0 Å². The number of likely N-dealkylation sites (N-methyl/N-ethyl adjacent to an activating group) is 1. The number of aromatic carboxylic acids is 1. The predicted octanol–water partition coefficient (Wildman–Crippen LogP) is 0.525. The quantitative estimate of drug-likeness (QED) is 0.825. The molecular weight excluding hydrogens is 277 g/mol. The molecule has 0 aliphatic rings. The normalized spacial score (nSPS) is 13.5. The van der Waals surface area contributed by atoms with E-state index in [4.69, 9.17) is 10.2 Å². The van der Waals surface area contributed by atoms with Crippen molar-refractivity contribution in [2.45, 2.75) is 17.9 Å². The van der Waals surface area contributed by atoms with Gasteiger partial charge in [-0.05, 0) is 25.1 Å². The van der Waals surface area contributed by atoms with Gasteiger partial charge in [-0.1, -0.05) is 0 Å². The first-order chi connectivity index (χ1) is 8.71. The first-order valence-corrected chi connectivity index (χ1v) is 6.77. The van der Waals surface area contributed by atoms with E-state index in [-0.39, 0.29) is 0 Å². The van der Waals surface area contributed by atoms with Crippen molar-refractivity contribution in [2.75, 3.05) is 13.7 Å². The maximum Gasteiger partial charge on any atom is 0.337 e. The zero-order chi connectivity index (χ0) is 14.8. The van der Waals surface area contributed by atoms with E-state index in [1.54, 1.807) is 0 Å². The van der Waals surface area contributed by atoms with Crippen LogP contribution in [0, 0.1) is 5.82 Å². The van der Waals surface area contributed by atoms with Gasteiger partial charge in [0.05, 0.1) is 17.1 Å². The second-order valence-electron chi connectivity index (χ2n) is 4.00. The smallest absolute Gasteiger partial charge is 0.337 e. The number of hydrogen-bond donors (Lipinski definition) is 2. The van der Waals surface area contributed by atoms with Gasteiger partial charge in [0.1, 0.15) is 5.82 Å². The van der Waals surface area contributed by atoms with Crippen molar-refractivity contribution in [2.24, 2.45) is 0 Å². The molecule has 1 aromatic carbocycles. The van der Waals surface area contributed by atoms with Crippen LogP contribution in [0.25, 0.3) is 0 Å². The lowest BCUT2D eigenvalue weighted by molar-refractivity contribution is 0.0692. The summed E-state index contributed by atoms with van der Waals surface area (Å²) in [5.74, 6) is -2.32. The molecule has 0 bridgehead atoms. The number of halogens is 1. The van der Waals surface area contributed by atoms with Gasteiger partial charge in [0.15, 0.2) is 0 Å². The van der Waals surface area contributed by atoms with Crippen LogP contribution in [0.4, 0.5) is 4.39 Å². The minimum atomic E-state index is -4.20. The van der Waals surface area contributed by atoms with Gasteiger partial charge in [-0.15, -0.1) is 0 Å². The molecule has 0 radical (unpaired) electrons. The fourth-order valence-corrected chi connectivity index (χ4v) is 2.94. The largest absolute Gasteiger partial charge is 0.478 e. The van der Waals surface area contributed by atoms with Gasteiger partial charge >= 0.3 is 5.97 Å². The summed E-state index contributed by atoms with van der Waals surface area (Å²) >= 11 is 0. The lowest BCUT2D eigenvalue weighted by Crippen LogP contribution is -2.38. The van der Waals surface area contributed by atoms with Gasteiger partial charge in [-0.25, -0.2) is 17.6 Å². The first-order valence-electron chi connectivity index (χ1n) is 5.33. The number of rotatable bonds is 5. The fraction of sp³-hybridized carbons (Fsp3) is 0.364. The van der Waals surface area contributed by atoms with E-state index in [1.165, 1.54) is 14.0 Å². The molecule has 0 aliphatic carbocycles. The Labute approximate surface area is 110 Å². The maximum absolute atomic E-state index is 13.2. The van der Waals surface area contributed by atoms with Crippen molar-refractivity contribution in [1.82, 2.24) is 4.31 Å². The van der Waals surface area contributed by atoms with Crippen LogP contribution in [0.15, 0.2) is 23.1 Å². The second kappa shape index (κ2) is 5.64. The van der Waals surface area contributed by atoms with E-state index in [0.29, 0.717) is 6.07 Å². The third kappa shape index (κ3) is 3.09. The molecule has 1 atom stereocenters. The molecule has 0 saturated carbocycles. The van der Waals surface area contributed by atoms with Gasteiger partial charge in [0.2, 0.25) is 10.0 Å². The minimum absolute atomic E-state index is 0.437. The highest BCUT2D eigenvalue weighted by Gasteiger charge is 2.29. The Hall–Kier alpha value is -1.51. The summed E-state index contributed by atoms with van der Waals surface area (Å²) in [6.45, 7) is 1.00. The zero-order valence-electron chi connectivity index (χ0n) is 10.4. The van der Waals surface area contributed by atoms with Crippen molar-refractivity contribution in [3.8, 4) is 0 Å². The van der Waals surface area contributed by atoms with E-state index in [0.717, 1.165) is 16.4 Å². The van der Waals surface area contributed by atoms with Crippen LogP contribution in [0.3, 0.4) is 0 Å². The molecule has 0 aromatic heterocycles. The van der Waals surface area contributed by atoms with E-state index in [1.807, 2.05) is 0 Å². The minimum Gasteiger partial charge on any atom is -0.478 e. The summed E-state index contributed by atoms with van der Waals surface area (Å²) in [4.78, 5) is 10.4. The van der Waals surface area contributed by atoms with Gasteiger partial charge in [0.25, 0.3) is 0 Å². The monoisotopic (exact) mass is 291 g/mol. The number of hydrogen-bond acceptors (Lipinski definition) is 4. The van der Waals surface area contributed by atoms with Crippen molar-refractivity contribution >= 4 is 16.0 Å². The van der Waals surface area contributed by atoms with E-state index in [9.17, 15) is 17.6 Å². The lowest BCUT2D eigenvalue weighted by Gasteiger charge is -2.23. The van der Waals surface area contributed by atoms with Crippen molar-refractivity contribution < 1.29 is 27.8 Å². The summed E-state index contributed by atoms with van der Waals surface area (Å²) in [5.41, 5.74) is -0.515. The van der Waals surface area contributed by atoms with Gasteiger partial charge < -0.3 is 10.2 Å². The molecule has 19 heavy (non-hydrogen) atoms. The molecular formula is C11H14FNO5S. The molecule has 0 fully saturated rings. The summed E-state index contributed by atoms with van der Waals surface area (Å²) < 4.78 is 38.4. The number of carboxylic acid groups (broad SMARTS) is 1. The van der Waals surface area contributed by atoms with Crippen molar-refractivity contribution in [3.63, 3.8) is 0 Å². The van der Waals surface area contributed by atoms with E-state index >= 15 is 0 Å². The van der Waals surface area contributed by atoms with E-state index < -0.39 is 44.9 Å². The topological polar surface area (TPSA) is 94.9 Å². The molecule has 0 heterocycles. The summed E-state index contributed by atoms with van der Waals surface area (Å²) in [6, 6.07) is 1.66. The molecule has 106 valence electrons. The van der Waals surface area contributed by atoms with Crippen LogP contribution in [0.5, 0.6) is 0 Å². The molecule has 0 aliphatic heterocycles. The van der Waals surface area contributed by atoms with Crippen LogP contribution in [-0.4, -0.2) is 48.6 Å². The number of carbonyl (C=O) groups is 1. The Kier molecular flexibility index (Phi) is 4.61. The van der Waals surface area contributed by atoms with Crippen LogP contribution in [0.1, 0.15) is 17.3 Å². The maximum atomic E-state index is 13.2. The molecule has 6 nitrogen and oxygen atoms in total. The highest BCUT2D eigenvalue weighted by molar-refractivity contribution is 7.89. The third-order valence-corrected chi connectivity index (χ3v) is 4.73. The van der Waals surface area contributed by atoms with Gasteiger partial charge in [-0.2, -0.15) is 4.31 Å². The number of sulfonamides is 1. The molecule has 0 saturated heterocycles. The van der Waals surface area contributed by atoms with Gasteiger partial charge in [-0.3, -0.25) is 0 Å². The average Bonchev–Trinajstić information content (AvgIpc) is 2.36. The third-order valence-electron chi connectivity index (χ3n) is 2.72. The Balaban J connectivity index is 3.43. The van der Waals surface area contributed by atoms with E-state index in [2.05, 4.69) is 0 Å². The summed E-state index contributed by atoms with van der Waals surface area (Å²) in [6.07, 6.45) is 0. The summed E-state index contributed by atoms with van der Waals surface area (Å²) in [5, 5.41) is 17.9. The van der Waals surface area contributed by atoms with Crippen LogP contribution in [-0.2, 0) is 10.0 Å². The molecule has 1 unspecified atom stereocenters. The summed E-state index contributed by atoms with van der Waals surface area (Å²) in [7, 11) is -3.01. The Bertz CT molecular complexity index is 587. The Morgan fingerprint density at radius 2 is 2.05 bits per heavy atom. The Morgan fingerprint density at radius 3 is 2.53 bits per heavy atom. The first kappa shape index (κ1) is 15.5. The zero-order valence-corrected chi connectivity index (χ0v) is 11.2. The van der Waals surface area contributed by atoms with Crippen LogP contribution >= 0.6 is 0 Å². The molecule has 0 amide bonds. The standard InChI is InChI=1S/C11H14FNO5S/c1-7(6-14)13(2)19(17,18)10-5-8(12)3-4-9(10)11(15)16/h3-5,7,14H,6H2,1-2H3,(H,15,16). The number of aliphatic hydroxyl groups is 1. The van der Waals surface area contributed by atoms with Crippen LogP contribution in [0.2, 0.25) is 0 Å². The second-order valence-corrected chi connectivity index (χ2v) is 5.96. The molecule has 1 rings (SSSR count). The highest BCUT2D eigenvalue weighted by atomic mass is 32.2. The van der Waals surface area contributed by atoms with Gasteiger partial charge in [0, 0.05) is 13.1 Å². The molecule has 8 heteroatoms. The predicted molar refractivity (Wildman–Crippen MR) is 64.9 cm³/mol. The average molecular weight is 291 g/mol. The molecule has 0 spiro atoms. The van der Waals surface area contributed by atoms with Crippen LogP contribution < -0.4 is 0 Å². The fourth-order valence-electron chi connectivity index (χ4n) is 1.39. The number of benzene rings is 1. The lowest BCUT2D eigenvalue weighted by atomic mass is 10.2. The molecule has 1 aromatic rings. The number of nitrogens with zero attached hydrogens (tertiary/aromatic N) is 1. The number of aliphatic hydroxyl groups excluding tert-OH is 1. The Morgan fingerprint density at radius 1 is 1.47 bits per heavy atom.